The van der Waals surface area contributed by atoms with E-state index >= 15 is 0 Å². The minimum atomic E-state index is -0.0174. The molecule has 0 aliphatic heterocycles. The predicted octanol–water partition coefficient (Wildman–Crippen LogP) is 1.73. The molecule has 18 heavy (non-hydrogen) atoms. The van der Waals surface area contributed by atoms with Crippen molar-refractivity contribution in [3.05, 3.63) is 46.5 Å². The number of fused-ring (bicyclic) bond motifs is 1. The Kier molecular flexibility index (Phi) is 2.67. The summed E-state index contributed by atoms with van der Waals surface area (Å²) in [5.74, 6) is 0. The van der Waals surface area contributed by atoms with E-state index in [-0.39, 0.29) is 11.1 Å². The second kappa shape index (κ2) is 4.21. The minimum Gasteiger partial charge on any atom is -0.306 e. The molecule has 0 atom stereocenters. The molecule has 0 spiro atoms. The third kappa shape index (κ3) is 2.04. The molecule has 1 saturated carbocycles. The van der Waals surface area contributed by atoms with Crippen LogP contribution in [0.5, 0.6) is 0 Å². The summed E-state index contributed by atoms with van der Waals surface area (Å²) >= 11 is 0. The van der Waals surface area contributed by atoms with Gasteiger partial charge in [-0.05, 0) is 38.3 Å². The molecule has 0 unspecified atom stereocenters. The van der Waals surface area contributed by atoms with E-state index in [1.54, 1.807) is 16.7 Å². The van der Waals surface area contributed by atoms with Crippen molar-refractivity contribution >= 4 is 5.65 Å². The van der Waals surface area contributed by atoms with Crippen molar-refractivity contribution < 1.29 is 0 Å². The molecule has 4 nitrogen and oxygen atoms in total. The molecule has 0 radical (unpaired) electrons. The maximum atomic E-state index is 11.9. The van der Waals surface area contributed by atoms with Crippen molar-refractivity contribution in [1.29, 1.82) is 0 Å². The lowest BCUT2D eigenvalue weighted by molar-refractivity contribution is 0.206. The zero-order valence-electron chi connectivity index (χ0n) is 10.5. The minimum absolute atomic E-state index is 0.0174. The number of rotatable bonds is 3. The van der Waals surface area contributed by atoms with Gasteiger partial charge in [0, 0.05) is 24.3 Å². The van der Waals surface area contributed by atoms with Crippen LogP contribution in [0.15, 0.2) is 35.3 Å². The van der Waals surface area contributed by atoms with Crippen LogP contribution in [-0.2, 0) is 6.54 Å². The first-order valence-corrected chi connectivity index (χ1v) is 6.39. The molecule has 1 fully saturated rings. The van der Waals surface area contributed by atoms with Crippen LogP contribution < -0.4 is 10.9 Å². The van der Waals surface area contributed by atoms with Crippen molar-refractivity contribution in [2.45, 2.75) is 38.3 Å². The highest BCUT2D eigenvalue weighted by Crippen LogP contribution is 2.30. The highest BCUT2D eigenvalue weighted by Gasteiger charge is 2.30. The molecule has 0 saturated heterocycles. The monoisotopic (exact) mass is 243 g/mol. The SMILES string of the molecule is CC1(NCc2cc(=O)n3ccccc3n2)CCC1. The molecule has 1 aliphatic rings. The molecule has 0 bridgehead atoms. The summed E-state index contributed by atoms with van der Waals surface area (Å²) < 4.78 is 1.56. The fourth-order valence-corrected chi connectivity index (χ4v) is 2.38. The first-order chi connectivity index (χ1) is 8.66. The van der Waals surface area contributed by atoms with Crippen LogP contribution >= 0.6 is 0 Å². The van der Waals surface area contributed by atoms with Crippen molar-refractivity contribution in [2.24, 2.45) is 0 Å². The van der Waals surface area contributed by atoms with Gasteiger partial charge in [0.25, 0.3) is 5.56 Å². The van der Waals surface area contributed by atoms with Crippen molar-refractivity contribution in [1.82, 2.24) is 14.7 Å². The van der Waals surface area contributed by atoms with Gasteiger partial charge < -0.3 is 5.32 Å². The second-order valence-corrected chi connectivity index (χ2v) is 5.28. The lowest BCUT2D eigenvalue weighted by Crippen LogP contribution is -2.47. The van der Waals surface area contributed by atoms with Crippen molar-refractivity contribution in [2.75, 3.05) is 0 Å². The number of hydrogen-bond acceptors (Lipinski definition) is 3. The summed E-state index contributed by atoms with van der Waals surface area (Å²) in [6.45, 7) is 2.89. The zero-order chi connectivity index (χ0) is 12.6. The first kappa shape index (κ1) is 11.4. The lowest BCUT2D eigenvalue weighted by Gasteiger charge is -2.39. The number of nitrogens with zero attached hydrogens (tertiary/aromatic N) is 2. The average molecular weight is 243 g/mol. The Morgan fingerprint density at radius 1 is 1.44 bits per heavy atom. The van der Waals surface area contributed by atoms with E-state index in [1.165, 1.54) is 19.3 Å². The smallest absolute Gasteiger partial charge is 0.258 e. The van der Waals surface area contributed by atoms with Gasteiger partial charge in [-0.3, -0.25) is 9.20 Å². The zero-order valence-corrected chi connectivity index (χ0v) is 10.5. The average Bonchev–Trinajstić information content (AvgIpc) is 2.34. The Balaban J connectivity index is 1.86. The standard InChI is InChI=1S/C14H17N3O/c1-14(6-4-7-14)15-10-11-9-13(18)17-8-3-2-5-12(17)16-11/h2-3,5,8-9,15H,4,6-7,10H2,1H3. The topological polar surface area (TPSA) is 46.4 Å². The van der Waals surface area contributed by atoms with Crippen LogP contribution in [0.2, 0.25) is 0 Å². The van der Waals surface area contributed by atoms with Gasteiger partial charge in [-0.25, -0.2) is 4.98 Å². The van der Waals surface area contributed by atoms with Crippen LogP contribution in [0.25, 0.3) is 5.65 Å². The maximum absolute atomic E-state index is 11.9. The van der Waals surface area contributed by atoms with Crippen LogP contribution in [0.1, 0.15) is 31.9 Å². The van der Waals surface area contributed by atoms with Crippen LogP contribution in [-0.4, -0.2) is 14.9 Å². The Labute approximate surface area is 106 Å². The van der Waals surface area contributed by atoms with Gasteiger partial charge >= 0.3 is 0 Å². The maximum Gasteiger partial charge on any atom is 0.258 e. The molecule has 2 heterocycles. The highest BCUT2D eigenvalue weighted by atomic mass is 16.1. The van der Waals surface area contributed by atoms with Gasteiger partial charge in [0.15, 0.2) is 0 Å². The van der Waals surface area contributed by atoms with Gasteiger partial charge in [-0.1, -0.05) is 6.07 Å². The van der Waals surface area contributed by atoms with E-state index < -0.39 is 0 Å². The molecule has 0 amide bonds. The Morgan fingerprint density at radius 2 is 2.28 bits per heavy atom. The Morgan fingerprint density at radius 3 is 3.00 bits per heavy atom. The summed E-state index contributed by atoms with van der Waals surface area (Å²) in [6, 6.07) is 7.20. The first-order valence-electron chi connectivity index (χ1n) is 6.39. The number of nitrogens with one attached hydrogen (secondary N) is 1. The molecule has 2 aromatic heterocycles. The molecular formula is C14H17N3O. The summed E-state index contributed by atoms with van der Waals surface area (Å²) in [4.78, 5) is 16.4. The summed E-state index contributed by atoms with van der Waals surface area (Å²) in [5.41, 5.74) is 1.75. The normalized spacial score (nSPS) is 17.6. The largest absolute Gasteiger partial charge is 0.306 e. The molecule has 2 aromatic rings. The van der Waals surface area contributed by atoms with Gasteiger partial charge in [0.1, 0.15) is 5.65 Å². The van der Waals surface area contributed by atoms with Crippen LogP contribution in [0.3, 0.4) is 0 Å². The van der Waals surface area contributed by atoms with Gasteiger partial charge in [-0.2, -0.15) is 0 Å². The highest BCUT2D eigenvalue weighted by molar-refractivity contribution is 5.37. The molecule has 0 aromatic carbocycles. The van der Waals surface area contributed by atoms with E-state index in [2.05, 4.69) is 17.2 Å². The van der Waals surface area contributed by atoms with Crippen molar-refractivity contribution in [3.63, 3.8) is 0 Å². The number of aromatic nitrogens is 2. The lowest BCUT2D eigenvalue weighted by atomic mass is 9.78. The summed E-state index contributed by atoms with van der Waals surface area (Å²) in [6.07, 6.45) is 5.45. The third-order valence-electron chi connectivity index (χ3n) is 3.78. The molecule has 3 rings (SSSR count). The fourth-order valence-electron chi connectivity index (χ4n) is 2.38. The molecule has 94 valence electrons. The Bertz CT molecular complexity index is 628. The van der Waals surface area contributed by atoms with E-state index in [1.807, 2.05) is 18.2 Å². The molecule has 1 N–H and O–H groups in total. The van der Waals surface area contributed by atoms with Crippen molar-refractivity contribution in [3.8, 4) is 0 Å². The molecule has 1 aliphatic carbocycles. The van der Waals surface area contributed by atoms with E-state index in [9.17, 15) is 4.79 Å². The van der Waals surface area contributed by atoms with Crippen LogP contribution in [0.4, 0.5) is 0 Å². The van der Waals surface area contributed by atoms with Gasteiger partial charge in [0.05, 0.1) is 5.69 Å². The van der Waals surface area contributed by atoms with E-state index in [0.29, 0.717) is 12.2 Å². The van der Waals surface area contributed by atoms with E-state index in [4.69, 9.17) is 0 Å². The quantitative estimate of drug-likeness (QED) is 0.893. The van der Waals surface area contributed by atoms with Crippen LogP contribution in [0, 0.1) is 0 Å². The summed E-state index contributed by atoms with van der Waals surface area (Å²) in [5, 5.41) is 3.49. The summed E-state index contributed by atoms with van der Waals surface area (Å²) in [7, 11) is 0. The second-order valence-electron chi connectivity index (χ2n) is 5.28. The van der Waals surface area contributed by atoms with Gasteiger partial charge in [0.2, 0.25) is 0 Å². The number of hydrogen-bond donors (Lipinski definition) is 1. The fraction of sp³-hybridized carbons (Fsp3) is 0.429. The van der Waals surface area contributed by atoms with E-state index in [0.717, 1.165) is 5.69 Å². The predicted molar refractivity (Wildman–Crippen MR) is 70.6 cm³/mol. The molecule has 4 heteroatoms. The number of pyridine rings is 1. The Hall–Kier alpha value is -1.68. The third-order valence-corrected chi connectivity index (χ3v) is 3.78. The molecular weight excluding hydrogens is 226 g/mol. The van der Waals surface area contributed by atoms with Gasteiger partial charge in [-0.15, -0.1) is 0 Å².